The highest BCUT2D eigenvalue weighted by atomic mass is 15.3. The van der Waals surface area contributed by atoms with Crippen LogP contribution in [0.4, 0.5) is 0 Å². The maximum atomic E-state index is 4.62. The Morgan fingerprint density at radius 3 is 2.71 bits per heavy atom. The normalized spacial score (nSPS) is 21.1. The van der Waals surface area contributed by atoms with E-state index in [1.54, 1.807) is 0 Å². The van der Waals surface area contributed by atoms with Gasteiger partial charge in [-0.25, -0.2) is 0 Å². The van der Waals surface area contributed by atoms with Crippen molar-refractivity contribution >= 4 is 0 Å². The smallest absolute Gasteiger partial charge is 0.0544 e. The molecular formula is C17H30N4. The Morgan fingerprint density at radius 1 is 1.33 bits per heavy atom. The van der Waals surface area contributed by atoms with E-state index in [2.05, 4.69) is 59.9 Å². The molecule has 1 aromatic heterocycles. The predicted octanol–water partition coefficient (Wildman–Crippen LogP) is 2.11. The molecule has 1 aliphatic heterocycles. The van der Waals surface area contributed by atoms with Gasteiger partial charge in [-0.3, -0.25) is 14.8 Å². The second kappa shape index (κ2) is 7.87. The van der Waals surface area contributed by atoms with Gasteiger partial charge in [0.25, 0.3) is 0 Å². The van der Waals surface area contributed by atoms with E-state index in [0.29, 0.717) is 12.1 Å². The quantitative estimate of drug-likeness (QED) is 0.869. The molecule has 0 radical (unpaired) electrons. The summed E-state index contributed by atoms with van der Waals surface area (Å²) in [5.41, 5.74) is 2.44. The molecule has 2 heterocycles. The lowest BCUT2D eigenvalue weighted by molar-refractivity contribution is 0.0826. The van der Waals surface area contributed by atoms with E-state index < -0.39 is 0 Å². The van der Waals surface area contributed by atoms with E-state index in [9.17, 15) is 0 Å². The topological polar surface area (TPSA) is 31.4 Å². The molecule has 2 rings (SSSR count). The van der Waals surface area contributed by atoms with Gasteiger partial charge in [0.05, 0.1) is 5.69 Å². The molecule has 0 bridgehead atoms. The summed E-state index contributed by atoms with van der Waals surface area (Å²) in [6.07, 6.45) is 2.01. The summed E-state index contributed by atoms with van der Waals surface area (Å²) in [5, 5.41) is 3.42. The van der Waals surface area contributed by atoms with Crippen molar-refractivity contribution in [3.8, 4) is 0 Å². The number of hydrogen-bond acceptors (Lipinski definition) is 4. The van der Waals surface area contributed by atoms with Crippen molar-refractivity contribution in [2.75, 3.05) is 26.2 Å². The zero-order chi connectivity index (χ0) is 15.2. The van der Waals surface area contributed by atoms with Gasteiger partial charge in [-0.05, 0) is 25.1 Å². The summed E-state index contributed by atoms with van der Waals surface area (Å²) < 4.78 is 0. The molecule has 0 aliphatic carbocycles. The molecule has 1 N–H and O–H groups in total. The number of nitrogens with one attached hydrogen (secondary N) is 1. The van der Waals surface area contributed by atoms with Crippen LogP contribution < -0.4 is 5.32 Å². The van der Waals surface area contributed by atoms with Crippen LogP contribution in [0.25, 0.3) is 0 Å². The minimum Gasteiger partial charge on any atom is -0.310 e. The molecule has 118 valence electrons. The number of aromatic nitrogens is 1. The molecular weight excluding hydrogens is 260 g/mol. The Balaban J connectivity index is 1.83. The number of piperazine rings is 1. The zero-order valence-electron chi connectivity index (χ0n) is 14.0. The van der Waals surface area contributed by atoms with Crippen molar-refractivity contribution in [1.29, 1.82) is 0 Å². The molecule has 1 aliphatic rings. The molecule has 0 amide bonds. The van der Waals surface area contributed by atoms with Crippen LogP contribution in [0, 0.1) is 0 Å². The van der Waals surface area contributed by atoms with E-state index >= 15 is 0 Å². The van der Waals surface area contributed by atoms with Crippen LogP contribution in [0.5, 0.6) is 0 Å². The van der Waals surface area contributed by atoms with Crippen LogP contribution in [0.1, 0.15) is 39.0 Å². The van der Waals surface area contributed by atoms with Gasteiger partial charge in [0.15, 0.2) is 0 Å². The maximum absolute atomic E-state index is 4.62. The molecule has 4 nitrogen and oxygen atoms in total. The lowest BCUT2D eigenvalue weighted by Gasteiger charge is -2.39. The molecule has 4 heteroatoms. The van der Waals surface area contributed by atoms with Crippen molar-refractivity contribution in [1.82, 2.24) is 20.1 Å². The van der Waals surface area contributed by atoms with Crippen LogP contribution in [-0.2, 0) is 13.1 Å². The minimum atomic E-state index is 0.515. The van der Waals surface area contributed by atoms with Crippen LogP contribution in [0.15, 0.2) is 18.3 Å². The third kappa shape index (κ3) is 5.06. The molecule has 1 unspecified atom stereocenters. The molecule has 0 saturated carbocycles. The second-order valence-corrected chi connectivity index (χ2v) is 6.41. The fourth-order valence-corrected chi connectivity index (χ4v) is 2.89. The van der Waals surface area contributed by atoms with E-state index in [-0.39, 0.29) is 0 Å². The summed E-state index contributed by atoms with van der Waals surface area (Å²) in [7, 11) is 0. The van der Waals surface area contributed by atoms with Crippen molar-refractivity contribution in [2.45, 2.75) is 52.9 Å². The predicted molar refractivity (Wildman–Crippen MR) is 88.2 cm³/mol. The summed E-state index contributed by atoms with van der Waals surface area (Å²) in [6.45, 7) is 15.4. The molecule has 0 spiro atoms. The van der Waals surface area contributed by atoms with Gasteiger partial charge in [-0.1, -0.05) is 26.8 Å². The van der Waals surface area contributed by atoms with Crippen molar-refractivity contribution in [2.24, 2.45) is 0 Å². The Hall–Kier alpha value is -0.970. The summed E-state index contributed by atoms with van der Waals surface area (Å²) in [5.74, 6) is 0. The van der Waals surface area contributed by atoms with E-state index in [0.717, 1.165) is 32.7 Å². The van der Waals surface area contributed by atoms with Crippen LogP contribution in [-0.4, -0.2) is 53.0 Å². The highest BCUT2D eigenvalue weighted by molar-refractivity contribution is 5.14. The van der Waals surface area contributed by atoms with Gasteiger partial charge in [0.1, 0.15) is 0 Å². The first-order chi connectivity index (χ1) is 10.1. The Kier molecular flexibility index (Phi) is 6.15. The molecule has 0 aromatic carbocycles. The minimum absolute atomic E-state index is 0.515. The highest BCUT2D eigenvalue weighted by Gasteiger charge is 2.22. The monoisotopic (exact) mass is 290 g/mol. The van der Waals surface area contributed by atoms with Gasteiger partial charge < -0.3 is 5.32 Å². The van der Waals surface area contributed by atoms with Gasteiger partial charge in [-0.2, -0.15) is 0 Å². The van der Waals surface area contributed by atoms with Crippen LogP contribution in [0.3, 0.4) is 0 Å². The van der Waals surface area contributed by atoms with Crippen molar-refractivity contribution in [3.05, 3.63) is 29.6 Å². The summed E-state index contributed by atoms with van der Waals surface area (Å²) in [6, 6.07) is 5.54. The molecule has 21 heavy (non-hydrogen) atoms. The van der Waals surface area contributed by atoms with Gasteiger partial charge in [0.2, 0.25) is 0 Å². The molecule has 1 saturated heterocycles. The highest BCUT2D eigenvalue weighted by Crippen LogP contribution is 2.12. The fraction of sp³-hybridized carbons (Fsp3) is 0.706. The maximum Gasteiger partial charge on any atom is 0.0544 e. The summed E-state index contributed by atoms with van der Waals surface area (Å²) in [4.78, 5) is 9.68. The average molecular weight is 290 g/mol. The number of hydrogen-bond donors (Lipinski definition) is 1. The number of nitrogens with zero attached hydrogens (tertiary/aromatic N) is 3. The van der Waals surface area contributed by atoms with Crippen LogP contribution >= 0.6 is 0 Å². The third-order valence-corrected chi connectivity index (χ3v) is 4.24. The van der Waals surface area contributed by atoms with Gasteiger partial charge in [-0.15, -0.1) is 0 Å². The third-order valence-electron chi connectivity index (χ3n) is 4.24. The van der Waals surface area contributed by atoms with E-state index in [4.69, 9.17) is 0 Å². The van der Waals surface area contributed by atoms with E-state index in [1.165, 1.54) is 17.8 Å². The number of likely N-dealkylation sites (N-methyl/N-ethyl adjacent to an activating group) is 1. The van der Waals surface area contributed by atoms with Crippen LogP contribution in [0.2, 0.25) is 0 Å². The molecule has 1 atom stereocenters. The Labute approximate surface area is 129 Å². The SMILES string of the molecule is CCN1CCN(Cc2ccc(CNC(C)C)cn2)CC1C. The zero-order valence-corrected chi connectivity index (χ0v) is 14.0. The lowest BCUT2D eigenvalue weighted by Crippen LogP contribution is -2.51. The first-order valence-corrected chi connectivity index (χ1v) is 8.22. The standard InChI is InChI=1S/C17H30N4/c1-5-21-9-8-20(12-15(21)4)13-17-7-6-16(11-19-17)10-18-14(2)3/h6-7,11,14-15,18H,5,8-10,12-13H2,1-4H3. The first-order valence-electron chi connectivity index (χ1n) is 8.22. The van der Waals surface area contributed by atoms with Gasteiger partial charge in [0, 0.05) is 51.0 Å². The Bertz CT molecular complexity index is 415. The number of pyridine rings is 1. The van der Waals surface area contributed by atoms with Gasteiger partial charge >= 0.3 is 0 Å². The largest absolute Gasteiger partial charge is 0.310 e. The molecule has 1 fully saturated rings. The van der Waals surface area contributed by atoms with E-state index in [1.807, 2.05) is 6.20 Å². The fourth-order valence-electron chi connectivity index (χ4n) is 2.89. The Morgan fingerprint density at radius 2 is 2.14 bits per heavy atom. The average Bonchev–Trinajstić information content (AvgIpc) is 2.47. The first kappa shape index (κ1) is 16.4. The second-order valence-electron chi connectivity index (χ2n) is 6.41. The molecule has 1 aromatic rings. The number of rotatable bonds is 6. The lowest BCUT2D eigenvalue weighted by atomic mass is 10.1. The van der Waals surface area contributed by atoms with Crippen molar-refractivity contribution < 1.29 is 0 Å². The summed E-state index contributed by atoms with van der Waals surface area (Å²) >= 11 is 0. The van der Waals surface area contributed by atoms with Crippen molar-refractivity contribution in [3.63, 3.8) is 0 Å².